The van der Waals surface area contributed by atoms with Crippen LogP contribution in [0.4, 0.5) is 4.79 Å². The molecule has 58 valence electrons. The van der Waals surface area contributed by atoms with Crippen molar-refractivity contribution < 1.29 is 9.53 Å². The molecule has 0 aliphatic heterocycles. The SMILES string of the molecule is CCNC(=O)OC1CCC1. The number of hydrogen-bond acceptors (Lipinski definition) is 2. The molecule has 0 aromatic heterocycles. The maximum atomic E-state index is 10.7. The maximum absolute atomic E-state index is 10.7. The van der Waals surface area contributed by atoms with E-state index in [1.54, 1.807) is 0 Å². The zero-order valence-electron chi connectivity index (χ0n) is 6.22. The molecule has 3 heteroatoms. The number of alkyl carbamates (subject to hydrolysis) is 1. The third-order valence-electron chi connectivity index (χ3n) is 1.65. The average Bonchev–Trinajstić information content (AvgIpc) is 1.80. The Kier molecular flexibility index (Phi) is 2.54. The highest BCUT2D eigenvalue weighted by molar-refractivity contribution is 5.67. The van der Waals surface area contributed by atoms with Gasteiger partial charge in [0.2, 0.25) is 0 Å². The van der Waals surface area contributed by atoms with Gasteiger partial charge in [0.1, 0.15) is 6.10 Å². The van der Waals surface area contributed by atoms with Crippen LogP contribution in [0.1, 0.15) is 26.2 Å². The minimum Gasteiger partial charge on any atom is -0.446 e. The minimum absolute atomic E-state index is 0.201. The number of ether oxygens (including phenoxy) is 1. The van der Waals surface area contributed by atoms with Gasteiger partial charge in [0.15, 0.2) is 0 Å². The quantitative estimate of drug-likeness (QED) is 0.632. The lowest BCUT2D eigenvalue weighted by Crippen LogP contribution is -2.32. The van der Waals surface area contributed by atoms with Crippen molar-refractivity contribution in [1.29, 1.82) is 0 Å². The van der Waals surface area contributed by atoms with Gasteiger partial charge in [-0.15, -0.1) is 0 Å². The van der Waals surface area contributed by atoms with E-state index in [4.69, 9.17) is 4.74 Å². The molecule has 1 rings (SSSR count). The molecule has 0 atom stereocenters. The summed E-state index contributed by atoms with van der Waals surface area (Å²) in [6.45, 7) is 2.52. The summed E-state index contributed by atoms with van der Waals surface area (Å²) in [7, 11) is 0. The molecule has 0 radical (unpaired) electrons. The van der Waals surface area contributed by atoms with Crippen LogP contribution < -0.4 is 5.32 Å². The summed E-state index contributed by atoms with van der Waals surface area (Å²) in [5.74, 6) is 0. The van der Waals surface area contributed by atoms with Gasteiger partial charge in [0.25, 0.3) is 0 Å². The molecule has 0 spiro atoms. The molecule has 0 aromatic rings. The molecule has 3 nitrogen and oxygen atoms in total. The first-order chi connectivity index (χ1) is 4.83. The molecule has 0 unspecified atom stereocenters. The lowest BCUT2D eigenvalue weighted by atomic mass is 9.96. The van der Waals surface area contributed by atoms with Crippen molar-refractivity contribution in [3.05, 3.63) is 0 Å². The first kappa shape index (κ1) is 7.38. The Morgan fingerprint density at radius 1 is 1.70 bits per heavy atom. The Balaban J connectivity index is 2.05. The van der Waals surface area contributed by atoms with E-state index in [1.807, 2.05) is 6.92 Å². The van der Waals surface area contributed by atoms with Crippen LogP contribution in [0.15, 0.2) is 0 Å². The molecule has 10 heavy (non-hydrogen) atoms. The fourth-order valence-electron chi connectivity index (χ4n) is 0.826. The molecular formula is C7H13NO2. The number of amides is 1. The normalized spacial score (nSPS) is 17.7. The first-order valence-electron chi connectivity index (χ1n) is 3.77. The van der Waals surface area contributed by atoms with Crippen LogP contribution in [0.2, 0.25) is 0 Å². The molecule has 1 aliphatic rings. The van der Waals surface area contributed by atoms with E-state index in [1.165, 1.54) is 6.42 Å². The Labute approximate surface area is 60.7 Å². The molecule has 0 bridgehead atoms. The number of rotatable bonds is 2. The molecule has 1 fully saturated rings. The standard InChI is InChI=1S/C7H13NO2/c1-2-8-7(9)10-6-4-3-5-6/h6H,2-5H2,1H3,(H,8,9). The largest absolute Gasteiger partial charge is 0.446 e. The second kappa shape index (κ2) is 3.44. The fourth-order valence-corrected chi connectivity index (χ4v) is 0.826. The van der Waals surface area contributed by atoms with Gasteiger partial charge in [-0.05, 0) is 26.2 Å². The molecule has 0 saturated heterocycles. The number of carbonyl (C=O) groups excluding carboxylic acids is 1. The van der Waals surface area contributed by atoms with Crippen LogP contribution in [0, 0.1) is 0 Å². The van der Waals surface area contributed by atoms with Crippen LogP contribution in [-0.4, -0.2) is 18.7 Å². The predicted molar refractivity (Wildman–Crippen MR) is 37.8 cm³/mol. The van der Waals surface area contributed by atoms with Crippen LogP contribution in [0.5, 0.6) is 0 Å². The van der Waals surface area contributed by atoms with Gasteiger partial charge in [-0.1, -0.05) is 0 Å². The molecular weight excluding hydrogens is 130 g/mol. The zero-order valence-corrected chi connectivity index (χ0v) is 6.22. The highest BCUT2D eigenvalue weighted by atomic mass is 16.6. The second-order valence-corrected chi connectivity index (χ2v) is 2.49. The number of carbonyl (C=O) groups is 1. The molecule has 0 heterocycles. The summed E-state index contributed by atoms with van der Waals surface area (Å²) < 4.78 is 4.98. The summed E-state index contributed by atoms with van der Waals surface area (Å²) in [6, 6.07) is 0. The predicted octanol–water partition coefficient (Wildman–Crippen LogP) is 1.29. The van der Waals surface area contributed by atoms with Crippen molar-refractivity contribution in [3.8, 4) is 0 Å². The summed E-state index contributed by atoms with van der Waals surface area (Å²) in [4.78, 5) is 10.7. The van der Waals surface area contributed by atoms with E-state index in [2.05, 4.69) is 5.32 Å². The van der Waals surface area contributed by atoms with E-state index < -0.39 is 0 Å². The highest BCUT2D eigenvalue weighted by Gasteiger charge is 2.20. The van der Waals surface area contributed by atoms with E-state index in [0.717, 1.165) is 12.8 Å². The van der Waals surface area contributed by atoms with Gasteiger partial charge < -0.3 is 10.1 Å². The minimum atomic E-state index is -0.271. The van der Waals surface area contributed by atoms with Crippen LogP contribution in [-0.2, 0) is 4.74 Å². The maximum Gasteiger partial charge on any atom is 0.407 e. The molecule has 1 amide bonds. The topological polar surface area (TPSA) is 38.3 Å². The summed E-state index contributed by atoms with van der Waals surface area (Å²) in [5.41, 5.74) is 0. The summed E-state index contributed by atoms with van der Waals surface area (Å²) in [6.07, 6.45) is 3.21. The van der Waals surface area contributed by atoms with Gasteiger partial charge in [0.05, 0.1) is 0 Å². The van der Waals surface area contributed by atoms with Crippen molar-refractivity contribution in [1.82, 2.24) is 5.32 Å². The van der Waals surface area contributed by atoms with Gasteiger partial charge in [-0.25, -0.2) is 4.79 Å². The first-order valence-corrected chi connectivity index (χ1v) is 3.77. The molecule has 1 aliphatic carbocycles. The monoisotopic (exact) mass is 143 g/mol. The van der Waals surface area contributed by atoms with Crippen molar-refractivity contribution in [2.24, 2.45) is 0 Å². The van der Waals surface area contributed by atoms with Gasteiger partial charge in [-0.3, -0.25) is 0 Å². The Hall–Kier alpha value is -0.730. The average molecular weight is 143 g/mol. The molecule has 0 aromatic carbocycles. The lowest BCUT2D eigenvalue weighted by Gasteiger charge is -2.24. The van der Waals surface area contributed by atoms with Crippen molar-refractivity contribution in [3.63, 3.8) is 0 Å². The number of nitrogens with one attached hydrogen (secondary N) is 1. The Bertz CT molecular complexity index is 121. The van der Waals surface area contributed by atoms with Crippen LogP contribution in [0.3, 0.4) is 0 Å². The van der Waals surface area contributed by atoms with E-state index in [-0.39, 0.29) is 12.2 Å². The van der Waals surface area contributed by atoms with E-state index in [0.29, 0.717) is 6.54 Å². The molecule has 1 N–H and O–H groups in total. The summed E-state index contributed by atoms with van der Waals surface area (Å²) in [5, 5.41) is 2.58. The zero-order chi connectivity index (χ0) is 7.40. The Morgan fingerprint density at radius 2 is 2.40 bits per heavy atom. The number of hydrogen-bond donors (Lipinski definition) is 1. The summed E-state index contributed by atoms with van der Waals surface area (Å²) >= 11 is 0. The lowest BCUT2D eigenvalue weighted by molar-refractivity contribution is 0.0528. The second-order valence-electron chi connectivity index (χ2n) is 2.49. The highest BCUT2D eigenvalue weighted by Crippen LogP contribution is 2.21. The van der Waals surface area contributed by atoms with E-state index >= 15 is 0 Å². The van der Waals surface area contributed by atoms with E-state index in [9.17, 15) is 4.79 Å². The smallest absolute Gasteiger partial charge is 0.407 e. The van der Waals surface area contributed by atoms with Crippen molar-refractivity contribution in [2.75, 3.05) is 6.54 Å². The van der Waals surface area contributed by atoms with Crippen LogP contribution in [0.25, 0.3) is 0 Å². The van der Waals surface area contributed by atoms with Gasteiger partial charge in [0, 0.05) is 6.54 Å². The van der Waals surface area contributed by atoms with Gasteiger partial charge >= 0.3 is 6.09 Å². The van der Waals surface area contributed by atoms with Crippen molar-refractivity contribution in [2.45, 2.75) is 32.3 Å². The fraction of sp³-hybridized carbons (Fsp3) is 0.857. The van der Waals surface area contributed by atoms with Crippen LogP contribution >= 0.6 is 0 Å². The molecule has 1 saturated carbocycles. The Morgan fingerprint density at radius 3 is 2.80 bits per heavy atom. The third kappa shape index (κ3) is 1.90. The third-order valence-corrected chi connectivity index (χ3v) is 1.65. The van der Waals surface area contributed by atoms with Gasteiger partial charge in [-0.2, -0.15) is 0 Å². The van der Waals surface area contributed by atoms with Crippen molar-refractivity contribution >= 4 is 6.09 Å².